The molecule has 0 aliphatic heterocycles. The molecule has 0 spiro atoms. The lowest BCUT2D eigenvalue weighted by Crippen LogP contribution is -2.40. The summed E-state index contributed by atoms with van der Waals surface area (Å²) in [6.45, 7) is 30.9. The van der Waals surface area contributed by atoms with Crippen molar-refractivity contribution < 1.29 is 0 Å². The van der Waals surface area contributed by atoms with Crippen LogP contribution in [0.3, 0.4) is 0 Å². The van der Waals surface area contributed by atoms with E-state index in [0.29, 0.717) is 10.3 Å². The van der Waals surface area contributed by atoms with Crippen molar-refractivity contribution in [2.75, 3.05) is 0 Å². The van der Waals surface area contributed by atoms with E-state index in [-0.39, 0.29) is 15.2 Å². The summed E-state index contributed by atoms with van der Waals surface area (Å²) >= 11 is 0. The Kier molecular flexibility index (Phi) is 9.41. The summed E-state index contributed by atoms with van der Waals surface area (Å²) in [6.07, 6.45) is 8.98. The quantitative estimate of drug-likeness (QED) is 0.362. The van der Waals surface area contributed by atoms with Crippen molar-refractivity contribution in [3.63, 3.8) is 0 Å². The van der Waals surface area contributed by atoms with Gasteiger partial charge in [0.15, 0.2) is 0 Å². The summed E-state index contributed by atoms with van der Waals surface area (Å²) in [5, 5.41) is 0.896. The lowest BCUT2D eigenvalue weighted by atomic mass is 9.76. The number of rotatable bonds is 5. The Labute approximate surface area is 193 Å². The van der Waals surface area contributed by atoms with E-state index >= 15 is 0 Å². The third-order valence-electron chi connectivity index (χ3n) is 8.16. The number of hydrogen-bond acceptors (Lipinski definition) is 0. The van der Waals surface area contributed by atoms with Crippen molar-refractivity contribution in [3.8, 4) is 0 Å². The smallest absolute Gasteiger partial charge is 0.0134 e. The minimum atomic E-state index is -0.0280. The van der Waals surface area contributed by atoms with E-state index in [2.05, 4.69) is 83.1 Å². The maximum atomic E-state index is 2.60. The first-order valence-corrected chi connectivity index (χ1v) is 16.8. The van der Waals surface area contributed by atoms with Crippen LogP contribution < -0.4 is 0 Å². The lowest BCUT2D eigenvalue weighted by Gasteiger charge is -2.58. The SMILES string of the molecule is CC1CCC(C(C)C)C(P(C2CC(C)CCC2C(C)C)P(C(C)(C)C)C(C)(C)C)C1. The van der Waals surface area contributed by atoms with E-state index in [1.54, 1.807) is 0 Å². The molecule has 2 aliphatic carbocycles. The molecule has 0 heterocycles. The Balaban J connectivity index is 2.63. The second-order valence-corrected chi connectivity index (χ2v) is 21.8. The Morgan fingerprint density at radius 2 is 0.933 bits per heavy atom. The lowest BCUT2D eigenvalue weighted by molar-refractivity contribution is 0.224. The fraction of sp³-hybridized carbons (Fsp3) is 1.00. The highest BCUT2D eigenvalue weighted by Gasteiger charge is 2.51. The Bertz CT molecular complexity index is 478. The van der Waals surface area contributed by atoms with Gasteiger partial charge in [0, 0.05) is 0 Å². The molecule has 0 nitrogen and oxygen atoms in total. The van der Waals surface area contributed by atoms with Crippen molar-refractivity contribution in [2.24, 2.45) is 35.5 Å². The van der Waals surface area contributed by atoms with E-state index in [1.165, 1.54) is 38.5 Å². The molecule has 2 heteroatoms. The van der Waals surface area contributed by atoms with Crippen molar-refractivity contribution in [3.05, 3.63) is 0 Å². The van der Waals surface area contributed by atoms with Crippen LogP contribution in [-0.4, -0.2) is 21.6 Å². The van der Waals surface area contributed by atoms with Gasteiger partial charge in [-0.25, -0.2) is 0 Å². The van der Waals surface area contributed by atoms with Crippen molar-refractivity contribution >= 4 is 15.2 Å². The molecule has 0 amide bonds. The molecule has 0 N–H and O–H groups in total. The molecular formula is C28H56P2. The van der Waals surface area contributed by atoms with E-state index in [1.807, 2.05) is 0 Å². The molecule has 2 aliphatic rings. The van der Waals surface area contributed by atoms with E-state index in [0.717, 1.165) is 46.8 Å². The second kappa shape index (κ2) is 10.4. The topological polar surface area (TPSA) is 0 Å². The Morgan fingerprint density at radius 3 is 1.20 bits per heavy atom. The van der Waals surface area contributed by atoms with Crippen LogP contribution in [0.5, 0.6) is 0 Å². The molecule has 0 bridgehead atoms. The molecule has 0 aromatic carbocycles. The standard InChI is InChI=1S/C28H56P2/c1-19(2)23-15-13-21(5)17-25(23)29(30(27(7,8)9)28(10,11)12)26-18-22(6)14-16-24(26)20(3)4/h19-26H,13-18H2,1-12H3. The van der Waals surface area contributed by atoms with Crippen LogP contribution in [-0.2, 0) is 0 Å². The average Bonchev–Trinajstić information content (AvgIpc) is 2.56. The minimum absolute atomic E-state index is 0.0280. The Hall–Kier alpha value is 0.860. The third-order valence-corrected chi connectivity index (χ3v) is 20.5. The summed E-state index contributed by atoms with van der Waals surface area (Å²) in [5.74, 6) is 5.50. The first kappa shape index (κ1) is 27.1. The number of hydrogen-bond donors (Lipinski definition) is 0. The molecule has 0 radical (unpaired) electrons. The largest absolute Gasteiger partial charge is 0.0730 e. The Morgan fingerprint density at radius 1 is 0.600 bits per heavy atom. The van der Waals surface area contributed by atoms with Gasteiger partial charge in [0.2, 0.25) is 0 Å². The van der Waals surface area contributed by atoms with E-state index in [4.69, 9.17) is 0 Å². The summed E-state index contributed by atoms with van der Waals surface area (Å²) < 4.78 is 0. The third kappa shape index (κ3) is 6.47. The molecule has 6 unspecified atom stereocenters. The van der Waals surface area contributed by atoms with Gasteiger partial charge in [-0.3, -0.25) is 0 Å². The zero-order valence-corrected chi connectivity index (χ0v) is 24.5. The maximum Gasteiger partial charge on any atom is -0.0134 e. The molecule has 2 saturated carbocycles. The fourth-order valence-electron chi connectivity index (χ4n) is 7.15. The zero-order valence-electron chi connectivity index (χ0n) is 22.8. The minimum Gasteiger partial charge on any atom is -0.0730 e. The van der Waals surface area contributed by atoms with Gasteiger partial charge in [-0.2, -0.15) is 0 Å². The van der Waals surface area contributed by atoms with Crippen LogP contribution >= 0.6 is 15.2 Å². The van der Waals surface area contributed by atoms with Gasteiger partial charge in [0.25, 0.3) is 0 Å². The first-order valence-electron chi connectivity index (χ1n) is 13.2. The maximum absolute atomic E-state index is 2.60. The first-order chi connectivity index (χ1) is 13.6. The summed E-state index contributed by atoms with van der Waals surface area (Å²) in [5.41, 5.74) is 2.01. The average molecular weight is 455 g/mol. The highest BCUT2D eigenvalue weighted by atomic mass is 32.1. The van der Waals surface area contributed by atoms with Crippen molar-refractivity contribution in [1.29, 1.82) is 0 Å². The van der Waals surface area contributed by atoms with Gasteiger partial charge in [0.05, 0.1) is 0 Å². The monoisotopic (exact) mass is 454 g/mol. The van der Waals surface area contributed by atoms with Gasteiger partial charge in [-0.1, -0.05) is 111 Å². The molecule has 6 atom stereocenters. The van der Waals surface area contributed by atoms with E-state index < -0.39 is 0 Å². The summed E-state index contributed by atoms with van der Waals surface area (Å²) in [4.78, 5) is 0. The molecule has 0 aromatic rings. The van der Waals surface area contributed by atoms with E-state index in [9.17, 15) is 0 Å². The van der Waals surface area contributed by atoms with Crippen LogP contribution in [0.4, 0.5) is 0 Å². The summed E-state index contributed by atoms with van der Waals surface area (Å²) in [7, 11) is 0.00354. The van der Waals surface area contributed by atoms with Gasteiger partial charge in [0.1, 0.15) is 0 Å². The van der Waals surface area contributed by atoms with Gasteiger partial charge in [-0.15, -0.1) is 0 Å². The highest BCUT2D eigenvalue weighted by molar-refractivity contribution is 8.31. The molecule has 2 fully saturated rings. The molecule has 2 rings (SSSR count). The summed E-state index contributed by atoms with van der Waals surface area (Å²) in [6, 6.07) is 0. The molecular weight excluding hydrogens is 398 g/mol. The molecule has 178 valence electrons. The normalized spacial score (nSPS) is 35.3. The van der Waals surface area contributed by atoms with Crippen molar-refractivity contribution in [2.45, 2.75) is 143 Å². The van der Waals surface area contributed by atoms with Crippen LogP contribution in [0.25, 0.3) is 0 Å². The predicted octanol–water partition coefficient (Wildman–Crippen LogP) is 10.4. The fourth-order valence-corrected chi connectivity index (χ4v) is 22.1. The van der Waals surface area contributed by atoms with Gasteiger partial charge >= 0.3 is 0 Å². The van der Waals surface area contributed by atoms with Crippen LogP contribution in [0.2, 0.25) is 0 Å². The molecule has 30 heavy (non-hydrogen) atoms. The predicted molar refractivity (Wildman–Crippen MR) is 144 cm³/mol. The van der Waals surface area contributed by atoms with Crippen LogP contribution in [0, 0.1) is 35.5 Å². The van der Waals surface area contributed by atoms with Crippen LogP contribution in [0.1, 0.15) is 122 Å². The van der Waals surface area contributed by atoms with Gasteiger partial charge < -0.3 is 0 Å². The highest BCUT2D eigenvalue weighted by Crippen LogP contribution is 2.87. The zero-order chi connectivity index (χ0) is 23.0. The molecule has 0 saturated heterocycles. The van der Waals surface area contributed by atoms with Crippen LogP contribution in [0.15, 0.2) is 0 Å². The molecule has 0 aromatic heterocycles. The second-order valence-electron chi connectivity index (χ2n) is 13.8. The van der Waals surface area contributed by atoms with Gasteiger partial charge in [-0.05, 0) is 82.8 Å². The van der Waals surface area contributed by atoms with Crippen molar-refractivity contribution in [1.82, 2.24) is 0 Å².